The first kappa shape index (κ1) is 25.1. The van der Waals surface area contributed by atoms with E-state index >= 15 is 0 Å². The predicted octanol–water partition coefficient (Wildman–Crippen LogP) is 12.6. The number of benzene rings is 7. The predicted molar refractivity (Wildman–Crippen MR) is 188 cm³/mol. The first-order valence-corrected chi connectivity index (χ1v) is 15.7. The average Bonchev–Trinajstić information content (AvgIpc) is 3.68. The Balaban J connectivity index is 1.17. The van der Waals surface area contributed by atoms with Crippen molar-refractivity contribution in [3.05, 3.63) is 158 Å². The van der Waals surface area contributed by atoms with Crippen LogP contribution in [-0.2, 0) is 0 Å². The average molecular weight is 579 g/mol. The quantitative estimate of drug-likeness (QED) is 0.202. The van der Waals surface area contributed by atoms with Gasteiger partial charge in [0.25, 0.3) is 0 Å². The first-order valence-electron chi connectivity index (χ1n) is 14.9. The molecule has 0 amide bonds. The number of fused-ring (bicyclic) bond motifs is 6. The second-order valence-electron chi connectivity index (χ2n) is 11.3. The summed E-state index contributed by atoms with van der Waals surface area (Å²) in [6.07, 6.45) is 0. The Morgan fingerprint density at radius 3 is 1.66 bits per heavy atom. The van der Waals surface area contributed by atoms with Crippen LogP contribution in [0.1, 0.15) is 0 Å². The lowest BCUT2D eigenvalue weighted by Crippen LogP contribution is -1.83. The molecular weight excluding hydrogens is 553 g/mol. The molecule has 2 aromatic heterocycles. The fraction of sp³-hybridized carbons (Fsp3) is 0. The third kappa shape index (κ3) is 4.00. The number of hydrogen-bond acceptors (Lipinski definition) is 2. The van der Waals surface area contributed by atoms with E-state index in [-0.39, 0.29) is 0 Å². The molecule has 0 bridgehead atoms. The maximum absolute atomic E-state index is 6.86. The van der Waals surface area contributed by atoms with Gasteiger partial charge in [-0.25, -0.2) is 0 Å². The van der Waals surface area contributed by atoms with Gasteiger partial charge in [-0.15, -0.1) is 11.3 Å². The van der Waals surface area contributed by atoms with Gasteiger partial charge in [0, 0.05) is 47.6 Å². The molecule has 44 heavy (non-hydrogen) atoms. The van der Waals surface area contributed by atoms with E-state index in [2.05, 4.69) is 158 Å². The highest BCUT2D eigenvalue weighted by atomic mass is 32.1. The molecule has 1 nitrogen and oxygen atoms in total. The molecule has 7 aromatic carbocycles. The Kier molecular flexibility index (Phi) is 5.75. The zero-order chi connectivity index (χ0) is 29.0. The molecule has 0 atom stereocenters. The van der Waals surface area contributed by atoms with Gasteiger partial charge < -0.3 is 4.42 Å². The number of furan rings is 1. The molecule has 0 fully saturated rings. The van der Waals surface area contributed by atoms with Crippen LogP contribution in [0.3, 0.4) is 0 Å². The molecular formula is C42H26OS. The number of thiophene rings is 1. The van der Waals surface area contributed by atoms with E-state index in [1.807, 2.05) is 11.3 Å². The summed E-state index contributed by atoms with van der Waals surface area (Å²) in [5.41, 5.74) is 11.3. The Morgan fingerprint density at radius 2 is 0.864 bits per heavy atom. The second-order valence-corrected chi connectivity index (χ2v) is 12.3. The summed E-state index contributed by atoms with van der Waals surface area (Å²) < 4.78 is 9.47. The van der Waals surface area contributed by atoms with Gasteiger partial charge in [0.1, 0.15) is 11.2 Å². The van der Waals surface area contributed by atoms with Gasteiger partial charge in [0.05, 0.1) is 0 Å². The number of rotatable bonds is 4. The molecule has 206 valence electrons. The molecule has 0 aliphatic carbocycles. The molecule has 0 unspecified atom stereocenters. The minimum Gasteiger partial charge on any atom is -0.455 e. The Bertz CT molecular complexity index is 2480. The molecule has 2 heteroatoms. The molecule has 2 heterocycles. The smallest absolute Gasteiger partial charge is 0.143 e. The molecule has 0 radical (unpaired) electrons. The summed E-state index contributed by atoms with van der Waals surface area (Å²) in [6, 6.07) is 56.5. The van der Waals surface area contributed by atoms with Crippen LogP contribution in [0.2, 0.25) is 0 Å². The van der Waals surface area contributed by atoms with Crippen LogP contribution in [0, 0.1) is 0 Å². The van der Waals surface area contributed by atoms with Crippen LogP contribution in [0.4, 0.5) is 0 Å². The first-order chi connectivity index (χ1) is 21.8. The largest absolute Gasteiger partial charge is 0.455 e. The summed E-state index contributed by atoms with van der Waals surface area (Å²) in [7, 11) is 0. The second kappa shape index (κ2) is 10.1. The van der Waals surface area contributed by atoms with E-state index in [1.165, 1.54) is 48.0 Å². The molecule has 0 aliphatic heterocycles. The third-order valence-electron chi connectivity index (χ3n) is 8.72. The molecule has 9 rings (SSSR count). The number of para-hydroxylation sites is 2. The normalized spacial score (nSPS) is 11.6. The highest BCUT2D eigenvalue weighted by Crippen LogP contribution is 2.44. The lowest BCUT2D eigenvalue weighted by atomic mass is 9.96. The van der Waals surface area contributed by atoms with Crippen LogP contribution in [0.15, 0.2) is 162 Å². The van der Waals surface area contributed by atoms with Crippen LogP contribution in [0.25, 0.3) is 86.6 Å². The SMILES string of the molecule is c1ccc(-c2ccc(-c3cccc(-c4cccc5c4oc4c(-c6cccc7c6sc6ccccc67)cccc45)c3)cc2)cc1. The summed E-state index contributed by atoms with van der Waals surface area (Å²) in [6.45, 7) is 0. The zero-order valence-electron chi connectivity index (χ0n) is 23.8. The van der Waals surface area contributed by atoms with Crippen molar-refractivity contribution in [3.8, 4) is 44.5 Å². The van der Waals surface area contributed by atoms with Crippen molar-refractivity contribution in [2.45, 2.75) is 0 Å². The van der Waals surface area contributed by atoms with Crippen LogP contribution >= 0.6 is 11.3 Å². The van der Waals surface area contributed by atoms with E-state index in [4.69, 9.17) is 4.42 Å². The highest BCUT2D eigenvalue weighted by Gasteiger charge is 2.18. The van der Waals surface area contributed by atoms with Gasteiger partial charge in [-0.1, -0.05) is 146 Å². The maximum atomic E-state index is 6.86. The van der Waals surface area contributed by atoms with Crippen molar-refractivity contribution in [1.29, 1.82) is 0 Å². The highest BCUT2D eigenvalue weighted by molar-refractivity contribution is 7.26. The zero-order valence-corrected chi connectivity index (χ0v) is 24.6. The van der Waals surface area contributed by atoms with E-state index in [0.717, 1.165) is 38.6 Å². The van der Waals surface area contributed by atoms with E-state index in [1.54, 1.807) is 0 Å². The molecule has 9 aromatic rings. The maximum Gasteiger partial charge on any atom is 0.143 e. The van der Waals surface area contributed by atoms with Gasteiger partial charge in [-0.3, -0.25) is 0 Å². The topological polar surface area (TPSA) is 13.1 Å². The van der Waals surface area contributed by atoms with Gasteiger partial charge in [0.2, 0.25) is 0 Å². The monoisotopic (exact) mass is 578 g/mol. The number of hydrogen-bond donors (Lipinski definition) is 0. The Labute approximate surface area is 259 Å². The molecule has 0 saturated carbocycles. The van der Waals surface area contributed by atoms with Gasteiger partial charge >= 0.3 is 0 Å². The molecule has 0 saturated heterocycles. The summed E-state index contributed by atoms with van der Waals surface area (Å²) in [5.74, 6) is 0. The van der Waals surface area contributed by atoms with Crippen molar-refractivity contribution in [3.63, 3.8) is 0 Å². The standard InChI is InChI=1S/C42H26OS/c1-2-10-27(11-3-1)28-22-24-29(25-23-28)30-12-6-13-31(26-30)32-15-7-16-34-35-17-8-18-36(41(35)43-40(32)34)38-20-9-19-37-33-14-4-5-21-39(33)44-42(37)38/h1-26H. The lowest BCUT2D eigenvalue weighted by Gasteiger charge is -2.08. The Morgan fingerprint density at radius 1 is 0.341 bits per heavy atom. The van der Waals surface area contributed by atoms with Crippen LogP contribution in [-0.4, -0.2) is 0 Å². The third-order valence-corrected chi connectivity index (χ3v) is 9.94. The van der Waals surface area contributed by atoms with Gasteiger partial charge in [0.15, 0.2) is 0 Å². The van der Waals surface area contributed by atoms with Crippen LogP contribution < -0.4 is 0 Å². The van der Waals surface area contributed by atoms with Crippen LogP contribution in [0.5, 0.6) is 0 Å². The van der Waals surface area contributed by atoms with Crippen molar-refractivity contribution < 1.29 is 4.42 Å². The van der Waals surface area contributed by atoms with Crippen molar-refractivity contribution >= 4 is 53.4 Å². The van der Waals surface area contributed by atoms with Crippen molar-refractivity contribution in [2.24, 2.45) is 0 Å². The van der Waals surface area contributed by atoms with Gasteiger partial charge in [-0.05, 0) is 39.9 Å². The van der Waals surface area contributed by atoms with E-state index in [0.29, 0.717) is 0 Å². The lowest BCUT2D eigenvalue weighted by molar-refractivity contribution is 0.671. The summed E-state index contributed by atoms with van der Waals surface area (Å²) in [4.78, 5) is 0. The van der Waals surface area contributed by atoms with Gasteiger partial charge in [-0.2, -0.15) is 0 Å². The van der Waals surface area contributed by atoms with E-state index < -0.39 is 0 Å². The summed E-state index contributed by atoms with van der Waals surface area (Å²) in [5, 5.41) is 4.89. The summed E-state index contributed by atoms with van der Waals surface area (Å²) >= 11 is 1.86. The van der Waals surface area contributed by atoms with E-state index in [9.17, 15) is 0 Å². The fourth-order valence-corrected chi connectivity index (χ4v) is 7.80. The van der Waals surface area contributed by atoms with Crippen molar-refractivity contribution in [1.82, 2.24) is 0 Å². The Hall–Kier alpha value is -5.44. The fourth-order valence-electron chi connectivity index (χ4n) is 6.57. The molecule has 0 N–H and O–H groups in total. The molecule has 0 aliphatic rings. The minimum absolute atomic E-state index is 0.926. The molecule has 0 spiro atoms. The van der Waals surface area contributed by atoms with Crippen molar-refractivity contribution in [2.75, 3.05) is 0 Å². The minimum atomic E-state index is 0.926.